The number of carbonyl (C=O) groups is 2. The number of amides is 1. The summed E-state index contributed by atoms with van der Waals surface area (Å²) in [5.41, 5.74) is -1.35. The van der Waals surface area contributed by atoms with Crippen molar-refractivity contribution in [1.82, 2.24) is 5.32 Å². The first kappa shape index (κ1) is 20.3. The van der Waals surface area contributed by atoms with Crippen LogP contribution in [0.1, 0.15) is 49.4 Å². The van der Waals surface area contributed by atoms with Crippen LogP contribution in [-0.4, -0.2) is 36.7 Å². The molecule has 6 nitrogen and oxygen atoms in total. The Hall–Kier alpha value is -2.03. The van der Waals surface area contributed by atoms with E-state index in [1.165, 1.54) is 0 Å². The number of hydrogen-bond acceptors (Lipinski definition) is 4. The highest BCUT2D eigenvalue weighted by atomic mass is 32.2. The van der Waals surface area contributed by atoms with Gasteiger partial charge in [0, 0.05) is 5.56 Å². The predicted octanol–water partition coefficient (Wildman–Crippen LogP) is 2.84. The third-order valence-electron chi connectivity index (χ3n) is 4.98. The molecule has 9 heteroatoms. The molecule has 1 aromatic rings. The summed E-state index contributed by atoms with van der Waals surface area (Å²) in [4.78, 5) is 23.5. The van der Waals surface area contributed by atoms with Crippen LogP contribution < -0.4 is 5.32 Å². The van der Waals surface area contributed by atoms with Gasteiger partial charge in [0.15, 0.2) is 0 Å². The van der Waals surface area contributed by atoms with E-state index < -0.39 is 37.9 Å². The number of carboxylic acid groups (broad SMARTS) is 1. The van der Waals surface area contributed by atoms with E-state index in [1.807, 2.05) is 6.92 Å². The number of rotatable bonds is 6. The van der Waals surface area contributed by atoms with E-state index in [2.05, 4.69) is 5.32 Å². The lowest BCUT2D eigenvalue weighted by Crippen LogP contribution is -2.56. The molecule has 1 amide bonds. The average Bonchev–Trinajstić information content (AvgIpc) is 2.62. The van der Waals surface area contributed by atoms with Crippen molar-refractivity contribution in [1.29, 1.82) is 0 Å². The van der Waals surface area contributed by atoms with Crippen molar-refractivity contribution in [2.24, 2.45) is 5.92 Å². The molecule has 2 rings (SSSR count). The molecular formula is C17H21F2NO5S. The molecule has 0 radical (unpaired) electrons. The zero-order chi connectivity index (χ0) is 19.5. The Labute approximate surface area is 150 Å². The molecule has 0 atom stereocenters. The van der Waals surface area contributed by atoms with Gasteiger partial charge in [-0.15, -0.1) is 0 Å². The number of sulfone groups is 1. The molecule has 1 aromatic carbocycles. The number of alkyl halides is 2. The van der Waals surface area contributed by atoms with Gasteiger partial charge >= 0.3 is 11.7 Å². The number of carboxylic acids is 1. The maximum Gasteiger partial charge on any atom is 0.341 e. The highest BCUT2D eigenvalue weighted by Gasteiger charge is 2.43. The molecule has 26 heavy (non-hydrogen) atoms. The summed E-state index contributed by atoms with van der Waals surface area (Å²) < 4.78 is 47.9. The zero-order valence-corrected chi connectivity index (χ0v) is 15.1. The quantitative estimate of drug-likeness (QED) is 0.779. The highest BCUT2D eigenvalue weighted by molar-refractivity contribution is 7.91. The van der Waals surface area contributed by atoms with Crippen molar-refractivity contribution >= 4 is 21.7 Å². The van der Waals surface area contributed by atoms with E-state index in [0.717, 1.165) is 30.7 Å². The van der Waals surface area contributed by atoms with E-state index in [1.54, 1.807) is 0 Å². The fourth-order valence-corrected chi connectivity index (χ4v) is 3.88. The normalized spacial score (nSPS) is 23.6. The molecule has 1 fully saturated rings. The largest absolute Gasteiger partial charge is 0.480 e. The molecule has 0 unspecified atom stereocenters. The summed E-state index contributed by atoms with van der Waals surface area (Å²) in [6, 6.07) is 4.02. The second-order valence-corrected chi connectivity index (χ2v) is 8.44. The summed E-state index contributed by atoms with van der Waals surface area (Å²) >= 11 is 0. The van der Waals surface area contributed by atoms with Gasteiger partial charge in [0.1, 0.15) is 5.54 Å². The minimum absolute atomic E-state index is 0.0106. The highest BCUT2D eigenvalue weighted by Crippen LogP contribution is 2.34. The van der Waals surface area contributed by atoms with Gasteiger partial charge in [-0.1, -0.05) is 13.3 Å². The van der Waals surface area contributed by atoms with Crippen molar-refractivity contribution in [3.63, 3.8) is 0 Å². The summed E-state index contributed by atoms with van der Waals surface area (Å²) in [7, 11) is -4.74. The van der Waals surface area contributed by atoms with E-state index >= 15 is 0 Å². The third kappa shape index (κ3) is 4.03. The van der Waals surface area contributed by atoms with Gasteiger partial charge in [0.25, 0.3) is 5.91 Å². The van der Waals surface area contributed by atoms with Gasteiger partial charge in [0.05, 0.1) is 4.90 Å². The van der Waals surface area contributed by atoms with Gasteiger partial charge in [-0.25, -0.2) is 13.2 Å². The lowest BCUT2D eigenvalue weighted by atomic mass is 9.75. The summed E-state index contributed by atoms with van der Waals surface area (Å²) in [5.74, 6) is -4.91. The van der Waals surface area contributed by atoms with E-state index in [4.69, 9.17) is 0 Å². The fraction of sp³-hybridized carbons (Fsp3) is 0.529. The van der Waals surface area contributed by atoms with E-state index in [-0.39, 0.29) is 5.56 Å². The molecule has 144 valence electrons. The summed E-state index contributed by atoms with van der Waals surface area (Å²) in [6.45, 7) is 2.03. The van der Waals surface area contributed by atoms with Crippen molar-refractivity contribution in [3.05, 3.63) is 29.8 Å². The van der Waals surface area contributed by atoms with Crippen LogP contribution in [0.2, 0.25) is 0 Å². The number of aliphatic carboxylic acids is 1. The molecule has 0 saturated heterocycles. The van der Waals surface area contributed by atoms with Crippen LogP contribution >= 0.6 is 0 Å². The first-order valence-corrected chi connectivity index (χ1v) is 9.85. The Balaban J connectivity index is 2.17. The van der Waals surface area contributed by atoms with Crippen LogP contribution in [0.3, 0.4) is 0 Å². The molecule has 0 aromatic heterocycles. The SMILES string of the molecule is CCC1CCC(NC(=O)c2ccc(S(=O)(=O)C(F)F)cc2)(C(=O)O)CC1. The second kappa shape index (κ2) is 7.69. The summed E-state index contributed by atoms with van der Waals surface area (Å²) in [5, 5.41) is 12.1. The van der Waals surface area contributed by atoms with Crippen LogP contribution in [0.25, 0.3) is 0 Å². The number of nitrogens with one attached hydrogen (secondary N) is 1. The van der Waals surface area contributed by atoms with Crippen LogP contribution in [-0.2, 0) is 14.6 Å². The van der Waals surface area contributed by atoms with Gasteiger partial charge in [-0.05, 0) is 55.9 Å². The molecule has 0 heterocycles. The maximum atomic E-state index is 12.5. The lowest BCUT2D eigenvalue weighted by molar-refractivity contribution is -0.146. The molecule has 1 aliphatic carbocycles. The average molecular weight is 389 g/mol. The second-order valence-electron chi connectivity index (χ2n) is 6.52. The predicted molar refractivity (Wildman–Crippen MR) is 89.7 cm³/mol. The van der Waals surface area contributed by atoms with Crippen LogP contribution in [0.4, 0.5) is 8.78 Å². The molecule has 0 spiro atoms. The maximum absolute atomic E-state index is 12.5. The van der Waals surface area contributed by atoms with Crippen molar-refractivity contribution < 1.29 is 31.9 Å². The monoisotopic (exact) mass is 389 g/mol. The topological polar surface area (TPSA) is 101 Å². The third-order valence-corrected chi connectivity index (χ3v) is 6.38. The summed E-state index contributed by atoms with van der Waals surface area (Å²) in [6.07, 6.45) is 2.95. The van der Waals surface area contributed by atoms with Crippen molar-refractivity contribution in [2.75, 3.05) is 0 Å². The van der Waals surface area contributed by atoms with Gasteiger partial charge in [0.2, 0.25) is 9.84 Å². The molecule has 0 aliphatic heterocycles. The Morgan fingerprint density at radius 1 is 1.23 bits per heavy atom. The fourth-order valence-electron chi connectivity index (χ4n) is 3.16. The minimum atomic E-state index is -4.74. The first-order valence-electron chi connectivity index (χ1n) is 8.30. The molecule has 2 N–H and O–H groups in total. The number of hydrogen-bond donors (Lipinski definition) is 2. The van der Waals surface area contributed by atoms with Gasteiger partial charge < -0.3 is 10.4 Å². The first-order chi connectivity index (χ1) is 12.1. The van der Waals surface area contributed by atoms with Gasteiger partial charge in [-0.3, -0.25) is 4.79 Å². The number of carbonyl (C=O) groups excluding carboxylic acids is 1. The number of halogens is 2. The van der Waals surface area contributed by atoms with Crippen LogP contribution in [0.15, 0.2) is 29.2 Å². The Bertz CT molecular complexity index is 769. The molecular weight excluding hydrogens is 368 g/mol. The van der Waals surface area contributed by atoms with Crippen molar-refractivity contribution in [3.8, 4) is 0 Å². The van der Waals surface area contributed by atoms with Crippen molar-refractivity contribution in [2.45, 2.75) is 55.2 Å². The standard InChI is InChI=1S/C17H21F2NO5S/c1-2-11-7-9-17(10-8-11,15(22)23)20-14(21)12-3-5-13(6-4-12)26(24,25)16(18)19/h3-6,11,16H,2,7-10H2,1H3,(H,20,21)(H,22,23). The van der Waals surface area contributed by atoms with Crippen LogP contribution in [0, 0.1) is 5.92 Å². The minimum Gasteiger partial charge on any atom is -0.480 e. The Morgan fingerprint density at radius 2 is 1.77 bits per heavy atom. The Morgan fingerprint density at radius 3 is 2.19 bits per heavy atom. The lowest BCUT2D eigenvalue weighted by Gasteiger charge is -2.37. The van der Waals surface area contributed by atoms with E-state index in [0.29, 0.717) is 31.6 Å². The van der Waals surface area contributed by atoms with E-state index in [9.17, 15) is 31.9 Å². The van der Waals surface area contributed by atoms with Crippen LogP contribution in [0.5, 0.6) is 0 Å². The molecule has 1 saturated carbocycles. The zero-order valence-electron chi connectivity index (χ0n) is 14.2. The molecule has 0 bridgehead atoms. The number of benzene rings is 1. The molecule has 1 aliphatic rings. The Kier molecular flexibility index (Phi) is 6.00. The van der Waals surface area contributed by atoms with Gasteiger partial charge in [-0.2, -0.15) is 8.78 Å². The smallest absolute Gasteiger partial charge is 0.341 e.